The number of hydrogen-bond acceptors (Lipinski definition) is 11. The molecule has 2 heterocycles. The summed E-state index contributed by atoms with van der Waals surface area (Å²) in [5.41, 5.74) is 5.49. The van der Waals surface area contributed by atoms with E-state index in [0.29, 0.717) is 6.42 Å². The highest BCUT2D eigenvalue weighted by Gasteiger charge is 2.54. The first-order chi connectivity index (χ1) is 31.6. The number of carbonyl (C=O) groups excluding carboxylic acids is 4. The highest BCUT2D eigenvalue weighted by atomic mass is 16.7. The summed E-state index contributed by atoms with van der Waals surface area (Å²) in [6, 6.07) is 39.3. The van der Waals surface area contributed by atoms with Gasteiger partial charge in [-0.1, -0.05) is 130 Å². The number of nitrogens with one attached hydrogen (secondary N) is 1. The molecule has 1 aliphatic heterocycles. The third-order valence-corrected chi connectivity index (χ3v) is 10.9. The molecule has 1 N–H and O–H groups in total. The summed E-state index contributed by atoms with van der Waals surface area (Å²) in [4.78, 5) is 55.6. The zero-order chi connectivity index (χ0) is 45.7. The average Bonchev–Trinajstić information content (AvgIpc) is 3.73. The van der Waals surface area contributed by atoms with Crippen LogP contribution in [-0.4, -0.2) is 71.4 Å². The van der Waals surface area contributed by atoms with E-state index in [-0.39, 0.29) is 34.1 Å². The molecule has 1 fully saturated rings. The first-order valence-electron chi connectivity index (χ1n) is 21.7. The molecular weight excluding hydrogens is 825 g/mol. The van der Waals surface area contributed by atoms with Crippen LogP contribution in [0.25, 0.3) is 6.08 Å². The Labute approximate surface area is 378 Å². The first-order valence-corrected chi connectivity index (χ1v) is 21.7. The molecule has 0 amide bonds. The number of benzene rings is 5. The van der Waals surface area contributed by atoms with Gasteiger partial charge in [-0.15, -0.1) is 5.10 Å². The monoisotopic (exact) mass is 876 g/mol. The molecule has 12 nitrogen and oxygen atoms in total. The maximum absolute atomic E-state index is 14.1. The van der Waals surface area contributed by atoms with Gasteiger partial charge in [0.05, 0.1) is 22.3 Å². The predicted molar refractivity (Wildman–Crippen MR) is 244 cm³/mol. The lowest BCUT2D eigenvalue weighted by atomic mass is 9.95. The van der Waals surface area contributed by atoms with Crippen LogP contribution < -0.4 is 4.74 Å². The quantitative estimate of drug-likeness (QED) is 0.0689. The molecule has 1 saturated heterocycles. The van der Waals surface area contributed by atoms with Gasteiger partial charge in [0.2, 0.25) is 18.3 Å². The van der Waals surface area contributed by atoms with Crippen molar-refractivity contribution in [3.63, 3.8) is 0 Å². The van der Waals surface area contributed by atoms with Gasteiger partial charge in [0, 0.05) is 17.7 Å². The van der Waals surface area contributed by atoms with Crippen LogP contribution >= 0.6 is 0 Å². The van der Waals surface area contributed by atoms with Crippen LogP contribution in [0.2, 0.25) is 0 Å². The Morgan fingerprint density at radius 3 is 1.69 bits per heavy atom. The van der Waals surface area contributed by atoms with E-state index in [1.165, 1.54) is 0 Å². The summed E-state index contributed by atoms with van der Waals surface area (Å²) < 4.78 is 37.9. The number of nitrogens with zero attached hydrogens (tertiary/aromatic N) is 1. The van der Waals surface area contributed by atoms with E-state index in [2.05, 4.69) is 54.4 Å². The van der Waals surface area contributed by atoms with Gasteiger partial charge in [-0.3, -0.25) is 5.10 Å². The number of unbranched alkanes of at least 4 members (excludes halogenated alkanes) is 1. The first kappa shape index (κ1) is 45.7. The molecule has 5 unspecified atom stereocenters. The van der Waals surface area contributed by atoms with Crippen molar-refractivity contribution in [2.45, 2.75) is 83.6 Å². The van der Waals surface area contributed by atoms with Crippen molar-refractivity contribution in [3.05, 3.63) is 196 Å². The molecule has 0 aliphatic carbocycles. The van der Waals surface area contributed by atoms with Gasteiger partial charge in [-0.05, 0) is 84.5 Å². The molecular formula is C53H52N2O10. The summed E-state index contributed by atoms with van der Waals surface area (Å²) in [5.74, 6) is -2.98. The molecule has 0 bridgehead atoms. The van der Waals surface area contributed by atoms with Crippen LogP contribution in [0.5, 0.6) is 5.88 Å². The zero-order valence-corrected chi connectivity index (χ0v) is 36.8. The summed E-state index contributed by atoms with van der Waals surface area (Å²) >= 11 is 0. The zero-order valence-electron chi connectivity index (χ0n) is 36.8. The van der Waals surface area contributed by atoms with Crippen LogP contribution in [0.3, 0.4) is 0 Å². The van der Waals surface area contributed by atoms with E-state index in [1.54, 1.807) is 121 Å². The third-order valence-electron chi connectivity index (χ3n) is 10.9. The fourth-order valence-corrected chi connectivity index (χ4v) is 7.44. The van der Waals surface area contributed by atoms with E-state index in [4.69, 9.17) is 28.4 Å². The lowest BCUT2D eigenvalue weighted by Crippen LogP contribution is -2.64. The Kier molecular flexibility index (Phi) is 15.4. The number of aryl methyl sites for hydroxylation is 1. The number of carbonyl (C=O) groups is 4. The summed E-state index contributed by atoms with van der Waals surface area (Å²) in [6.45, 7) is 7.75. The van der Waals surface area contributed by atoms with Gasteiger partial charge in [0.15, 0.2) is 12.2 Å². The van der Waals surface area contributed by atoms with E-state index in [0.717, 1.165) is 40.8 Å². The van der Waals surface area contributed by atoms with Crippen LogP contribution in [-0.2, 0) is 30.1 Å². The SMILES string of the molecule is CCCC=Cc1ccc(Cc2c(OC3OC(COC(=O)c4ccccc4)C(OC(=O)c4ccccc4)C(OC(=O)c4ccccc4)C3OC(=O)c3ccccc3)n[nH]c2C(C)C)c(C)c1. The van der Waals surface area contributed by atoms with Gasteiger partial charge >= 0.3 is 23.9 Å². The van der Waals surface area contributed by atoms with Crippen molar-refractivity contribution in [1.29, 1.82) is 0 Å². The Balaban J connectivity index is 1.32. The second-order valence-electron chi connectivity index (χ2n) is 16.0. The van der Waals surface area contributed by atoms with E-state index in [9.17, 15) is 19.2 Å². The molecule has 65 heavy (non-hydrogen) atoms. The second kappa shape index (κ2) is 21.9. The Morgan fingerprint density at radius 2 is 1.18 bits per heavy atom. The molecule has 12 heteroatoms. The highest BCUT2D eigenvalue weighted by molar-refractivity contribution is 5.91. The number of aromatic nitrogens is 2. The van der Waals surface area contributed by atoms with Crippen molar-refractivity contribution in [2.24, 2.45) is 0 Å². The molecule has 334 valence electrons. The van der Waals surface area contributed by atoms with E-state index >= 15 is 0 Å². The standard InChI is InChI=1S/C53H52N2O10/c1-5-6-11-20-36-29-30-41(35(4)31-36)32-42-44(34(2)3)54-55-48(42)65-53-47(64-52(59)40-27-18-10-19-28-40)46(63-51(58)39-25-16-9-17-26-39)45(62-50(57)38-23-14-8-15-24-38)43(61-53)33-60-49(56)37-21-12-7-13-22-37/h7-31,34,43,45-47,53H,5-6,32-33H2,1-4H3,(H,54,55). The Hall–Kier alpha value is -7.31. The number of rotatable bonds is 17. The number of esters is 4. The van der Waals surface area contributed by atoms with Crippen LogP contribution in [0.15, 0.2) is 146 Å². The summed E-state index contributed by atoms with van der Waals surface area (Å²) in [7, 11) is 0. The number of H-pyrrole nitrogens is 1. The predicted octanol–water partition coefficient (Wildman–Crippen LogP) is 9.88. The van der Waals surface area contributed by atoms with Crippen molar-refractivity contribution < 1.29 is 47.6 Å². The molecule has 1 aliphatic rings. The number of allylic oxidation sites excluding steroid dienone is 1. The molecule has 0 radical (unpaired) electrons. The minimum atomic E-state index is -1.59. The fourth-order valence-electron chi connectivity index (χ4n) is 7.44. The number of hydrogen-bond donors (Lipinski definition) is 1. The number of ether oxygens (including phenoxy) is 6. The minimum absolute atomic E-state index is 0.0168. The van der Waals surface area contributed by atoms with Gasteiger partial charge in [0.1, 0.15) is 12.7 Å². The molecule has 6 aromatic rings. The molecule has 7 rings (SSSR count). The van der Waals surface area contributed by atoms with Crippen LogP contribution in [0, 0.1) is 6.92 Å². The van der Waals surface area contributed by atoms with E-state index in [1.807, 2.05) is 13.8 Å². The maximum Gasteiger partial charge on any atom is 0.338 e. The molecule has 1 aromatic heterocycles. The third kappa shape index (κ3) is 11.6. The largest absolute Gasteiger partial charge is 0.459 e. The molecule has 5 aromatic carbocycles. The normalized spacial score (nSPS) is 18.2. The van der Waals surface area contributed by atoms with Crippen molar-refractivity contribution >= 4 is 30.0 Å². The Bertz CT molecular complexity index is 2560. The molecule has 5 atom stereocenters. The molecule has 0 saturated carbocycles. The second-order valence-corrected chi connectivity index (χ2v) is 16.0. The summed E-state index contributed by atoms with van der Waals surface area (Å²) in [6.07, 6.45) is -0.899. The number of aromatic amines is 1. The van der Waals surface area contributed by atoms with Crippen molar-refractivity contribution in [3.8, 4) is 5.88 Å². The van der Waals surface area contributed by atoms with Gasteiger partial charge < -0.3 is 28.4 Å². The lowest BCUT2D eigenvalue weighted by molar-refractivity contribution is -0.276. The lowest BCUT2D eigenvalue weighted by Gasteiger charge is -2.44. The molecule has 0 spiro atoms. The summed E-state index contributed by atoms with van der Waals surface area (Å²) in [5, 5.41) is 7.76. The van der Waals surface area contributed by atoms with Crippen molar-refractivity contribution in [2.75, 3.05) is 6.61 Å². The minimum Gasteiger partial charge on any atom is -0.459 e. The average molecular weight is 877 g/mol. The highest BCUT2D eigenvalue weighted by Crippen LogP contribution is 2.35. The smallest absolute Gasteiger partial charge is 0.338 e. The fraction of sp³-hybridized carbons (Fsp3) is 0.264. The van der Waals surface area contributed by atoms with Gasteiger partial charge in [-0.25, -0.2) is 19.2 Å². The van der Waals surface area contributed by atoms with Crippen molar-refractivity contribution in [1.82, 2.24) is 10.2 Å². The Morgan fingerprint density at radius 1 is 0.677 bits per heavy atom. The van der Waals surface area contributed by atoms with Gasteiger partial charge in [-0.2, -0.15) is 0 Å². The van der Waals surface area contributed by atoms with Gasteiger partial charge in [0.25, 0.3) is 0 Å². The van der Waals surface area contributed by atoms with E-state index < -0.39 is 61.2 Å². The maximum atomic E-state index is 14.1. The van der Waals surface area contributed by atoms with Crippen LogP contribution in [0.1, 0.15) is 109 Å². The topological polar surface area (TPSA) is 152 Å². The van der Waals surface area contributed by atoms with Crippen LogP contribution in [0.4, 0.5) is 0 Å².